The summed E-state index contributed by atoms with van der Waals surface area (Å²) in [5, 5.41) is 13.0. The highest BCUT2D eigenvalue weighted by molar-refractivity contribution is 5.69. The van der Waals surface area contributed by atoms with Crippen molar-refractivity contribution in [3.05, 3.63) is 35.9 Å². The van der Waals surface area contributed by atoms with Gasteiger partial charge in [0.2, 0.25) is 5.95 Å². The van der Waals surface area contributed by atoms with Gasteiger partial charge in [-0.1, -0.05) is 0 Å². The van der Waals surface area contributed by atoms with Crippen LogP contribution in [0.25, 0.3) is 5.65 Å². The number of fused-ring (bicyclic) bond motifs is 1. The predicted octanol–water partition coefficient (Wildman–Crippen LogP) is 4.05. The van der Waals surface area contributed by atoms with Crippen molar-refractivity contribution in [3.63, 3.8) is 0 Å². The molecule has 0 bridgehead atoms. The summed E-state index contributed by atoms with van der Waals surface area (Å²) >= 11 is 0. The van der Waals surface area contributed by atoms with Crippen LogP contribution in [0.2, 0.25) is 0 Å². The number of ether oxygens (including phenoxy) is 1. The molecule has 14 heteroatoms. The number of alkyl halides is 4. The van der Waals surface area contributed by atoms with Gasteiger partial charge in [0.15, 0.2) is 5.82 Å². The van der Waals surface area contributed by atoms with E-state index in [2.05, 4.69) is 30.8 Å². The molecule has 0 radical (unpaired) electrons. The molecule has 3 aromatic heterocycles. The number of H-pyrrole nitrogens is 1. The number of amides is 1. The van der Waals surface area contributed by atoms with Crippen LogP contribution in [0.1, 0.15) is 49.9 Å². The lowest BCUT2D eigenvalue weighted by Gasteiger charge is -2.39. The number of halogens is 4. The fourth-order valence-electron chi connectivity index (χ4n) is 5.08. The second kappa shape index (κ2) is 9.10. The summed E-state index contributed by atoms with van der Waals surface area (Å²) in [5.74, 6) is -0.956. The van der Waals surface area contributed by atoms with Crippen LogP contribution in [-0.2, 0) is 11.3 Å². The zero-order chi connectivity index (χ0) is 26.7. The van der Waals surface area contributed by atoms with Gasteiger partial charge >= 0.3 is 12.3 Å². The molecule has 3 aliphatic rings. The molecule has 4 heterocycles. The molecule has 1 saturated heterocycles. The van der Waals surface area contributed by atoms with Gasteiger partial charge in [0, 0.05) is 55.2 Å². The lowest BCUT2D eigenvalue weighted by molar-refractivity contribution is -0.210. The van der Waals surface area contributed by atoms with Crippen LogP contribution in [0.15, 0.2) is 24.5 Å². The van der Waals surface area contributed by atoms with Crippen molar-refractivity contribution in [3.8, 4) is 0 Å². The van der Waals surface area contributed by atoms with Crippen LogP contribution in [0, 0.1) is 5.92 Å². The molecular weight excluding hydrogens is 508 g/mol. The molecule has 1 aliphatic heterocycles. The molecule has 3 N–H and O–H groups in total. The monoisotopic (exact) mass is 536 g/mol. The number of imidazole rings is 1. The van der Waals surface area contributed by atoms with Gasteiger partial charge in [-0.25, -0.2) is 19.2 Å². The van der Waals surface area contributed by atoms with Gasteiger partial charge in [0.05, 0.1) is 11.6 Å². The van der Waals surface area contributed by atoms with Crippen molar-refractivity contribution in [1.82, 2.24) is 34.8 Å². The summed E-state index contributed by atoms with van der Waals surface area (Å²) in [7, 11) is 0. The predicted molar refractivity (Wildman–Crippen MR) is 128 cm³/mol. The average molecular weight is 537 g/mol. The first kappa shape index (κ1) is 24.9. The zero-order valence-corrected chi connectivity index (χ0v) is 20.6. The van der Waals surface area contributed by atoms with E-state index in [0.717, 1.165) is 12.8 Å². The first-order chi connectivity index (χ1) is 18.1. The number of rotatable bonds is 7. The maximum atomic E-state index is 15.2. The molecule has 0 unspecified atom stereocenters. The topological polar surface area (TPSA) is 112 Å². The first-order valence-corrected chi connectivity index (χ1v) is 12.6. The zero-order valence-electron chi connectivity index (χ0n) is 20.6. The minimum atomic E-state index is -4.17. The molecule has 10 nitrogen and oxygen atoms in total. The van der Waals surface area contributed by atoms with E-state index in [1.54, 1.807) is 33.8 Å². The maximum Gasteiger partial charge on any atom is 0.407 e. The number of aromatic amines is 1. The molecule has 0 spiro atoms. The van der Waals surface area contributed by atoms with Crippen LogP contribution in [0.5, 0.6) is 0 Å². The number of likely N-dealkylation sites (tertiary alicyclic amines) is 1. The second-order valence-corrected chi connectivity index (χ2v) is 10.8. The highest BCUT2D eigenvalue weighted by Crippen LogP contribution is 2.39. The largest absolute Gasteiger partial charge is 0.443 e. The SMILES string of the molecule is CC1(NC(=O)O[C@H]2CC[C@@H](c3cc(Nc4nccc5nc(CN6CC(C(F)(F)F)C6)cn45)n[nH]3)[C@H]2F)CC1. The Morgan fingerprint density at radius 3 is 2.82 bits per heavy atom. The van der Waals surface area contributed by atoms with Crippen LogP contribution in [0.3, 0.4) is 0 Å². The van der Waals surface area contributed by atoms with Crippen molar-refractivity contribution in [2.75, 3.05) is 18.4 Å². The Hall–Kier alpha value is -3.42. The number of nitrogens with zero attached hydrogens (tertiary/aromatic N) is 5. The van der Waals surface area contributed by atoms with Crippen LogP contribution >= 0.6 is 0 Å². The number of carbonyl (C=O) groups excluding carboxylic acids is 1. The third-order valence-electron chi connectivity index (χ3n) is 7.64. The average Bonchev–Trinajstić information content (AvgIpc) is 3.17. The molecular formula is C24H28F4N8O2. The smallest absolute Gasteiger partial charge is 0.407 e. The van der Waals surface area contributed by atoms with Crippen molar-refractivity contribution in [1.29, 1.82) is 0 Å². The molecule has 3 aromatic rings. The van der Waals surface area contributed by atoms with E-state index in [9.17, 15) is 18.0 Å². The third-order valence-corrected chi connectivity index (χ3v) is 7.64. The summed E-state index contributed by atoms with van der Waals surface area (Å²) in [5.41, 5.74) is 1.56. The van der Waals surface area contributed by atoms with Gasteiger partial charge in [0.25, 0.3) is 0 Å². The Balaban J connectivity index is 1.08. The molecule has 6 rings (SSSR count). The number of hydrogen-bond acceptors (Lipinski definition) is 7. The van der Waals surface area contributed by atoms with Gasteiger partial charge in [-0.15, -0.1) is 0 Å². The Morgan fingerprint density at radius 2 is 2.08 bits per heavy atom. The molecule has 2 saturated carbocycles. The molecule has 1 amide bonds. The number of alkyl carbamates (subject to hydrolysis) is 1. The minimum Gasteiger partial charge on any atom is -0.443 e. The summed E-state index contributed by atoms with van der Waals surface area (Å²) in [6, 6.07) is 3.39. The minimum absolute atomic E-state index is 0.0382. The molecule has 3 atom stereocenters. The second-order valence-electron chi connectivity index (χ2n) is 10.8. The lowest BCUT2D eigenvalue weighted by atomic mass is 10.00. The summed E-state index contributed by atoms with van der Waals surface area (Å²) in [4.78, 5) is 22.6. The van der Waals surface area contributed by atoms with Crippen molar-refractivity contribution >= 4 is 23.5 Å². The first-order valence-electron chi connectivity index (χ1n) is 12.6. The van der Waals surface area contributed by atoms with Crippen LogP contribution < -0.4 is 10.6 Å². The maximum absolute atomic E-state index is 15.2. The van der Waals surface area contributed by atoms with Crippen molar-refractivity contribution in [2.45, 2.75) is 69.1 Å². The van der Waals surface area contributed by atoms with Gasteiger partial charge in [-0.05, 0) is 38.7 Å². The summed E-state index contributed by atoms with van der Waals surface area (Å²) in [6.45, 7) is 2.16. The summed E-state index contributed by atoms with van der Waals surface area (Å²) < 4.78 is 60.5. The number of aromatic nitrogens is 5. The number of carbonyl (C=O) groups is 1. The van der Waals surface area contributed by atoms with E-state index in [0.29, 0.717) is 48.2 Å². The quantitative estimate of drug-likeness (QED) is 0.391. The van der Waals surface area contributed by atoms with E-state index < -0.39 is 36.4 Å². The van der Waals surface area contributed by atoms with E-state index in [1.807, 2.05) is 6.92 Å². The highest BCUT2D eigenvalue weighted by atomic mass is 19.4. The van der Waals surface area contributed by atoms with E-state index in [-0.39, 0.29) is 18.6 Å². The Kier molecular flexibility index (Phi) is 5.96. The Bertz CT molecular complexity index is 1330. The third kappa shape index (κ3) is 5.00. The number of nitrogens with one attached hydrogen (secondary N) is 3. The van der Waals surface area contributed by atoms with Gasteiger partial charge in [0.1, 0.15) is 17.9 Å². The fraction of sp³-hybridized carbons (Fsp3) is 0.583. The van der Waals surface area contributed by atoms with E-state index in [4.69, 9.17) is 4.74 Å². The standard InChI is InChI=1S/C24H28F4N8O2/c1-23(5-6-23)32-22(37)38-17-3-2-15(20(17)25)16-8-18(34-33-16)31-21-29-7-4-19-30-14(12-36(19)21)11-35-9-13(10-35)24(26,27)28/h4,7-8,12-13,15,17,20H,2-3,5-6,9-11H2,1H3,(H,32,37)(H2,29,31,33,34)/t15-,17-,20+/m0/s1. The van der Waals surface area contributed by atoms with Gasteiger partial charge < -0.3 is 15.4 Å². The molecule has 3 fully saturated rings. The number of hydrogen-bond donors (Lipinski definition) is 3. The Morgan fingerprint density at radius 1 is 1.29 bits per heavy atom. The van der Waals surface area contributed by atoms with Gasteiger partial charge in [-0.3, -0.25) is 14.4 Å². The van der Waals surface area contributed by atoms with Crippen molar-refractivity contribution in [2.24, 2.45) is 5.92 Å². The van der Waals surface area contributed by atoms with Crippen LogP contribution in [-0.4, -0.2) is 72.6 Å². The van der Waals surface area contributed by atoms with E-state index >= 15 is 4.39 Å². The van der Waals surface area contributed by atoms with Crippen LogP contribution in [0.4, 0.5) is 34.1 Å². The van der Waals surface area contributed by atoms with Gasteiger partial charge in [-0.2, -0.15) is 18.3 Å². The summed E-state index contributed by atoms with van der Waals surface area (Å²) in [6.07, 6.45) is -0.951. The lowest BCUT2D eigenvalue weighted by Crippen LogP contribution is -2.52. The molecule has 0 aromatic carbocycles. The normalized spacial score (nSPS) is 25.3. The van der Waals surface area contributed by atoms with Crippen molar-refractivity contribution < 1.29 is 27.1 Å². The molecule has 204 valence electrons. The fourth-order valence-corrected chi connectivity index (χ4v) is 5.08. The highest BCUT2D eigenvalue weighted by Gasteiger charge is 2.47. The molecule has 2 aliphatic carbocycles. The number of anilines is 2. The molecule has 38 heavy (non-hydrogen) atoms. The Labute approximate surface area is 215 Å². The van der Waals surface area contributed by atoms with E-state index in [1.165, 1.54) is 0 Å².